The molecule has 0 saturated carbocycles. The lowest BCUT2D eigenvalue weighted by Crippen LogP contribution is -2.44. The molecule has 1 aromatic heterocycles. The van der Waals surface area contributed by atoms with Crippen molar-refractivity contribution < 1.29 is 0 Å². The molecular weight excluding hydrogens is 358 g/mol. The summed E-state index contributed by atoms with van der Waals surface area (Å²) in [6, 6.07) is 12.6. The monoisotopic (exact) mass is 385 g/mol. The van der Waals surface area contributed by atoms with Crippen LogP contribution in [0.15, 0.2) is 47.6 Å². The molecule has 1 atom stereocenters. The molecule has 0 bridgehead atoms. The number of hydrogen-bond donors (Lipinski definition) is 2. The molecule has 1 unspecified atom stereocenters. The van der Waals surface area contributed by atoms with Gasteiger partial charge in [0, 0.05) is 54.8 Å². The van der Waals surface area contributed by atoms with Crippen molar-refractivity contribution in [3.63, 3.8) is 0 Å². The van der Waals surface area contributed by atoms with Crippen LogP contribution in [0.25, 0.3) is 0 Å². The lowest BCUT2D eigenvalue weighted by molar-refractivity contribution is 0.649. The summed E-state index contributed by atoms with van der Waals surface area (Å²) in [6.45, 7) is 7.66. The highest BCUT2D eigenvalue weighted by Gasteiger charge is 2.23. The summed E-state index contributed by atoms with van der Waals surface area (Å²) in [5.41, 5.74) is 3.44. The Balaban J connectivity index is 1.53. The molecule has 3 rings (SSSR count). The van der Waals surface area contributed by atoms with Gasteiger partial charge in [0.05, 0.1) is 0 Å². The summed E-state index contributed by atoms with van der Waals surface area (Å²) in [5.74, 6) is 0.885. The second kappa shape index (κ2) is 9.60. The van der Waals surface area contributed by atoms with Crippen LogP contribution in [0, 0.1) is 6.92 Å². The van der Waals surface area contributed by atoms with Gasteiger partial charge in [0.15, 0.2) is 5.96 Å². The maximum Gasteiger partial charge on any atom is 0.191 e. The van der Waals surface area contributed by atoms with Crippen molar-refractivity contribution >= 4 is 23.2 Å². The van der Waals surface area contributed by atoms with Gasteiger partial charge in [0.25, 0.3) is 0 Å². The van der Waals surface area contributed by atoms with E-state index in [1.54, 1.807) is 0 Å². The van der Waals surface area contributed by atoms with E-state index in [1.807, 2.05) is 37.4 Å². The Bertz CT molecular complexity index is 759. The first-order valence-corrected chi connectivity index (χ1v) is 9.98. The number of guanidine groups is 1. The zero-order valence-corrected chi connectivity index (χ0v) is 16.8. The standard InChI is InChI=1S/C21H28ClN5/c1-3-23-21(24-11-9-17-8-7-16(2)25-14-17)26-19-10-12-27(15-19)20-6-4-5-18(22)13-20/h4-8,13-14,19H,3,9-12,15H2,1-2H3,(H2,23,24,26). The molecule has 2 N–H and O–H groups in total. The molecule has 0 radical (unpaired) electrons. The number of aliphatic imine (C=N–C) groups is 1. The molecule has 2 aromatic rings. The third kappa shape index (κ3) is 5.86. The predicted octanol–water partition coefficient (Wildman–Crippen LogP) is 3.42. The zero-order valence-electron chi connectivity index (χ0n) is 16.1. The molecule has 0 amide bonds. The average molecular weight is 386 g/mol. The normalized spacial score (nSPS) is 17.2. The third-order valence-corrected chi connectivity index (χ3v) is 4.92. The van der Waals surface area contributed by atoms with Gasteiger partial charge in [-0.1, -0.05) is 23.7 Å². The van der Waals surface area contributed by atoms with Crippen LogP contribution in [-0.4, -0.2) is 43.2 Å². The van der Waals surface area contributed by atoms with E-state index in [9.17, 15) is 0 Å². The smallest absolute Gasteiger partial charge is 0.191 e. The molecule has 27 heavy (non-hydrogen) atoms. The van der Waals surface area contributed by atoms with Crippen LogP contribution in [0.3, 0.4) is 0 Å². The van der Waals surface area contributed by atoms with Crippen molar-refractivity contribution in [1.29, 1.82) is 0 Å². The van der Waals surface area contributed by atoms with Crippen molar-refractivity contribution in [3.8, 4) is 0 Å². The number of halogens is 1. The van der Waals surface area contributed by atoms with E-state index < -0.39 is 0 Å². The number of nitrogens with zero attached hydrogens (tertiary/aromatic N) is 3. The molecule has 6 heteroatoms. The minimum absolute atomic E-state index is 0.378. The van der Waals surface area contributed by atoms with Gasteiger partial charge in [0.1, 0.15) is 0 Å². The van der Waals surface area contributed by atoms with E-state index in [0.717, 1.165) is 55.7 Å². The van der Waals surface area contributed by atoms with E-state index in [4.69, 9.17) is 16.6 Å². The van der Waals surface area contributed by atoms with Gasteiger partial charge in [0.2, 0.25) is 0 Å². The Morgan fingerprint density at radius 1 is 1.33 bits per heavy atom. The molecule has 0 spiro atoms. The van der Waals surface area contributed by atoms with Gasteiger partial charge < -0.3 is 15.5 Å². The minimum Gasteiger partial charge on any atom is -0.369 e. The molecular formula is C21H28ClN5. The number of aromatic nitrogens is 1. The van der Waals surface area contributed by atoms with Crippen LogP contribution in [-0.2, 0) is 6.42 Å². The summed E-state index contributed by atoms with van der Waals surface area (Å²) in [4.78, 5) is 11.4. The maximum absolute atomic E-state index is 6.13. The van der Waals surface area contributed by atoms with Crippen LogP contribution in [0.1, 0.15) is 24.6 Å². The van der Waals surface area contributed by atoms with Crippen molar-refractivity contribution in [1.82, 2.24) is 15.6 Å². The summed E-state index contributed by atoms with van der Waals surface area (Å²) in [7, 11) is 0. The highest BCUT2D eigenvalue weighted by Crippen LogP contribution is 2.23. The van der Waals surface area contributed by atoms with Crippen LogP contribution in [0.2, 0.25) is 5.02 Å². The van der Waals surface area contributed by atoms with Crippen molar-refractivity contribution in [2.24, 2.45) is 4.99 Å². The lowest BCUT2D eigenvalue weighted by atomic mass is 10.2. The fraction of sp³-hybridized carbons (Fsp3) is 0.429. The highest BCUT2D eigenvalue weighted by molar-refractivity contribution is 6.30. The Hall–Kier alpha value is -2.27. The second-order valence-corrected chi connectivity index (χ2v) is 7.31. The molecule has 5 nitrogen and oxygen atoms in total. The Kier molecular flexibility index (Phi) is 6.93. The molecule has 1 fully saturated rings. The van der Waals surface area contributed by atoms with Gasteiger partial charge in [-0.3, -0.25) is 9.98 Å². The van der Waals surface area contributed by atoms with Gasteiger partial charge >= 0.3 is 0 Å². The number of aryl methyl sites for hydroxylation is 1. The van der Waals surface area contributed by atoms with E-state index in [-0.39, 0.29) is 0 Å². The van der Waals surface area contributed by atoms with E-state index >= 15 is 0 Å². The van der Waals surface area contributed by atoms with Gasteiger partial charge in [-0.05, 0) is 56.5 Å². The van der Waals surface area contributed by atoms with E-state index in [2.05, 4.69) is 39.6 Å². The maximum atomic E-state index is 6.13. The molecule has 2 heterocycles. The largest absolute Gasteiger partial charge is 0.369 e. The summed E-state index contributed by atoms with van der Waals surface area (Å²) >= 11 is 6.13. The molecule has 144 valence electrons. The zero-order chi connectivity index (χ0) is 19.1. The average Bonchev–Trinajstić information content (AvgIpc) is 3.12. The molecule has 0 aliphatic carbocycles. The second-order valence-electron chi connectivity index (χ2n) is 6.87. The molecule has 1 aliphatic heterocycles. The highest BCUT2D eigenvalue weighted by atomic mass is 35.5. The fourth-order valence-corrected chi connectivity index (χ4v) is 3.43. The Labute approximate surface area is 166 Å². The van der Waals surface area contributed by atoms with Gasteiger partial charge in [-0.15, -0.1) is 0 Å². The van der Waals surface area contributed by atoms with Crippen molar-refractivity contribution in [3.05, 3.63) is 58.9 Å². The molecule has 1 saturated heterocycles. The Morgan fingerprint density at radius 2 is 2.22 bits per heavy atom. The summed E-state index contributed by atoms with van der Waals surface area (Å²) in [5, 5.41) is 7.71. The van der Waals surface area contributed by atoms with Crippen LogP contribution < -0.4 is 15.5 Å². The first-order chi connectivity index (χ1) is 13.1. The van der Waals surface area contributed by atoms with Crippen molar-refractivity contribution in [2.45, 2.75) is 32.7 Å². The first kappa shape index (κ1) is 19.5. The number of rotatable bonds is 6. The van der Waals surface area contributed by atoms with Gasteiger partial charge in [-0.25, -0.2) is 0 Å². The van der Waals surface area contributed by atoms with Crippen molar-refractivity contribution in [2.75, 3.05) is 31.1 Å². The van der Waals surface area contributed by atoms with E-state index in [1.165, 1.54) is 11.3 Å². The predicted molar refractivity (Wildman–Crippen MR) is 114 cm³/mol. The summed E-state index contributed by atoms with van der Waals surface area (Å²) in [6.07, 6.45) is 3.91. The SMILES string of the molecule is CCNC(=NCCc1ccc(C)nc1)NC1CCN(c2cccc(Cl)c2)C1. The Morgan fingerprint density at radius 3 is 2.96 bits per heavy atom. The number of pyridine rings is 1. The quantitative estimate of drug-likeness (QED) is 0.591. The number of hydrogen-bond acceptors (Lipinski definition) is 3. The fourth-order valence-electron chi connectivity index (χ4n) is 3.24. The van der Waals surface area contributed by atoms with Crippen LogP contribution >= 0.6 is 11.6 Å². The van der Waals surface area contributed by atoms with Crippen LogP contribution in [0.4, 0.5) is 5.69 Å². The first-order valence-electron chi connectivity index (χ1n) is 9.61. The molecule has 1 aromatic carbocycles. The lowest BCUT2D eigenvalue weighted by Gasteiger charge is -2.20. The number of benzene rings is 1. The number of nitrogens with one attached hydrogen (secondary N) is 2. The molecule has 1 aliphatic rings. The topological polar surface area (TPSA) is 52.6 Å². The van der Waals surface area contributed by atoms with E-state index in [0.29, 0.717) is 6.04 Å². The third-order valence-electron chi connectivity index (χ3n) is 4.69. The van der Waals surface area contributed by atoms with Gasteiger partial charge in [-0.2, -0.15) is 0 Å². The number of anilines is 1. The minimum atomic E-state index is 0.378. The van der Waals surface area contributed by atoms with Crippen LogP contribution in [0.5, 0.6) is 0 Å². The summed E-state index contributed by atoms with van der Waals surface area (Å²) < 4.78 is 0.